The van der Waals surface area contributed by atoms with Gasteiger partial charge in [0.25, 0.3) is 0 Å². The highest BCUT2D eigenvalue weighted by Gasteiger charge is 2.28. The number of carbonyl (C=O) groups is 4. The van der Waals surface area contributed by atoms with Gasteiger partial charge in [0.05, 0.1) is 13.2 Å². The van der Waals surface area contributed by atoms with Gasteiger partial charge in [-0.15, -0.1) is 0 Å². The van der Waals surface area contributed by atoms with Crippen molar-refractivity contribution in [2.75, 3.05) is 6.61 Å². The van der Waals surface area contributed by atoms with Crippen LogP contribution in [0.25, 0.3) is 0 Å². The molecule has 2 N–H and O–H groups in total. The first-order valence-corrected chi connectivity index (χ1v) is 17.2. The van der Waals surface area contributed by atoms with Crippen molar-refractivity contribution in [3.63, 3.8) is 0 Å². The molecule has 0 aliphatic carbocycles. The summed E-state index contributed by atoms with van der Waals surface area (Å²) in [6, 6.07) is 25.1. The van der Waals surface area contributed by atoms with Crippen molar-refractivity contribution in [3.05, 3.63) is 108 Å². The number of carbonyl (C=O) groups excluding carboxylic acids is 4. The molecule has 0 aromatic heterocycles. The standard InChI is InChI=1S/C36H45N2O10P/c1-36(2,3)48-35(42)38-31(34(41)45-25-28-16-9-5-10-17-28)21-22-32(39)37-30(33(40)44-24-27-14-7-4-8-15-27)20-13-23-46-49(43)47-26-29-18-11-6-12-19-29/h4-12,14-19,30-31,49H,13,20-26H2,1-3H3,(H,37,39)(H,38,42)/t30-,31?/m1/s1. The maximum absolute atomic E-state index is 13.1. The Morgan fingerprint density at radius 3 is 1.61 bits per heavy atom. The Bertz CT molecular complexity index is 1480. The molecule has 2 amide bonds. The summed E-state index contributed by atoms with van der Waals surface area (Å²) in [6.45, 7) is 5.16. The van der Waals surface area contributed by atoms with E-state index < -0.39 is 49.9 Å². The summed E-state index contributed by atoms with van der Waals surface area (Å²) in [5.74, 6) is -1.98. The van der Waals surface area contributed by atoms with Crippen LogP contribution >= 0.6 is 8.25 Å². The van der Waals surface area contributed by atoms with Crippen LogP contribution in [0.3, 0.4) is 0 Å². The van der Waals surface area contributed by atoms with Gasteiger partial charge in [-0.3, -0.25) is 9.36 Å². The third-order valence-electron chi connectivity index (χ3n) is 6.76. The summed E-state index contributed by atoms with van der Waals surface area (Å²) in [7, 11) is -2.78. The summed E-state index contributed by atoms with van der Waals surface area (Å²) in [5.41, 5.74) is 1.54. The van der Waals surface area contributed by atoms with E-state index in [1.54, 1.807) is 57.2 Å². The molecule has 0 saturated heterocycles. The van der Waals surface area contributed by atoms with Gasteiger partial charge >= 0.3 is 26.3 Å². The number of rotatable bonds is 19. The number of alkyl carbamates (subject to hydrolysis) is 1. The molecule has 0 fully saturated rings. The normalized spacial score (nSPS) is 13.0. The fourth-order valence-corrected chi connectivity index (χ4v) is 5.03. The van der Waals surface area contributed by atoms with Crippen molar-refractivity contribution < 1.29 is 47.0 Å². The molecule has 0 spiro atoms. The largest absolute Gasteiger partial charge is 0.459 e. The molecular formula is C36H45N2O10P. The van der Waals surface area contributed by atoms with Crippen LogP contribution in [0.2, 0.25) is 0 Å². The minimum Gasteiger partial charge on any atom is -0.459 e. The highest BCUT2D eigenvalue weighted by molar-refractivity contribution is 7.33. The zero-order chi connectivity index (χ0) is 35.5. The Kier molecular flexibility index (Phi) is 16.5. The van der Waals surface area contributed by atoms with Gasteiger partial charge in [-0.25, -0.2) is 14.4 Å². The fourth-order valence-electron chi connectivity index (χ4n) is 4.35. The molecule has 3 aromatic rings. The predicted molar refractivity (Wildman–Crippen MR) is 182 cm³/mol. The topological polar surface area (TPSA) is 156 Å². The monoisotopic (exact) mass is 696 g/mol. The number of hydrogen-bond donors (Lipinski definition) is 2. The third-order valence-corrected chi connectivity index (χ3v) is 7.58. The number of hydrogen-bond acceptors (Lipinski definition) is 10. The van der Waals surface area contributed by atoms with E-state index in [-0.39, 0.29) is 52.1 Å². The summed E-state index contributed by atoms with van der Waals surface area (Å²) < 4.78 is 39.0. The van der Waals surface area contributed by atoms with E-state index >= 15 is 0 Å². The van der Waals surface area contributed by atoms with Crippen LogP contribution in [-0.4, -0.2) is 48.2 Å². The molecule has 0 heterocycles. The minimum atomic E-state index is -2.78. The molecule has 0 aliphatic rings. The van der Waals surface area contributed by atoms with Gasteiger partial charge in [0.2, 0.25) is 5.91 Å². The smallest absolute Gasteiger partial charge is 0.408 e. The lowest BCUT2D eigenvalue weighted by atomic mass is 10.1. The van der Waals surface area contributed by atoms with Crippen LogP contribution in [0.5, 0.6) is 0 Å². The number of amides is 2. The Labute approximate surface area is 287 Å². The lowest BCUT2D eigenvalue weighted by Crippen LogP contribution is -2.46. The van der Waals surface area contributed by atoms with Crippen LogP contribution < -0.4 is 10.6 Å². The molecule has 0 saturated carbocycles. The zero-order valence-electron chi connectivity index (χ0n) is 28.1. The van der Waals surface area contributed by atoms with E-state index in [1.165, 1.54) is 0 Å². The molecule has 3 aromatic carbocycles. The van der Waals surface area contributed by atoms with Crippen molar-refractivity contribution in [3.8, 4) is 0 Å². The highest BCUT2D eigenvalue weighted by Crippen LogP contribution is 2.26. The maximum Gasteiger partial charge on any atom is 0.408 e. The summed E-state index contributed by atoms with van der Waals surface area (Å²) in [4.78, 5) is 51.7. The van der Waals surface area contributed by atoms with Crippen molar-refractivity contribution >= 4 is 32.2 Å². The van der Waals surface area contributed by atoms with E-state index in [2.05, 4.69) is 10.6 Å². The van der Waals surface area contributed by atoms with Gasteiger partial charge in [0.15, 0.2) is 0 Å². The molecule has 3 rings (SSSR count). The Morgan fingerprint density at radius 1 is 0.653 bits per heavy atom. The summed E-state index contributed by atoms with van der Waals surface area (Å²) >= 11 is 0. The molecule has 2 unspecified atom stereocenters. The van der Waals surface area contributed by atoms with Gasteiger partial charge in [0.1, 0.15) is 30.9 Å². The molecule has 264 valence electrons. The SMILES string of the molecule is CC(C)(C)OC(=O)NC(CCC(=O)N[C@H](CCCO[PH](=O)OCc1ccccc1)C(=O)OCc1ccccc1)C(=O)OCc1ccccc1. The number of ether oxygens (including phenoxy) is 3. The van der Waals surface area contributed by atoms with E-state index in [0.717, 1.165) is 16.7 Å². The number of nitrogens with one attached hydrogen (secondary N) is 2. The van der Waals surface area contributed by atoms with E-state index in [4.69, 9.17) is 23.3 Å². The molecule has 0 radical (unpaired) electrons. The van der Waals surface area contributed by atoms with Crippen LogP contribution in [-0.2, 0) is 62.0 Å². The van der Waals surface area contributed by atoms with Gasteiger partial charge in [-0.1, -0.05) is 91.0 Å². The highest BCUT2D eigenvalue weighted by atomic mass is 31.1. The molecule has 0 bridgehead atoms. The predicted octanol–water partition coefficient (Wildman–Crippen LogP) is 6.03. The number of benzene rings is 3. The quantitative estimate of drug-likeness (QED) is 0.0657. The lowest BCUT2D eigenvalue weighted by molar-refractivity contribution is -0.150. The Balaban J connectivity index is 1.57. The fraction of sp³-hybridized carbons (Fsp3) is 0.389. The molecule has 12 nitrogen and oxygen atoms in total. The molecule has 0 aliphatic heterocycles. The van der Waals surface area contributed by atoms with Crippen molar-refractivity contribution in [1.82, 2.24) is 10.6 Å². The van der Waals surface area contributed by atoms with Crippen LogP contribution in [0.4, 0.5) is 4.79 Å². The second-order valence-electron chi connectivity index (χ2n) is 12.1. The first-order chi connectivity index (χ1) is 23.5. The van der Waals surface area contributed by atoms with Gasteiger partial charge in [-0.05, 0) is 56.7 Å². The molecule has 49 heavy (non-hydrogen) atoms. The van der Waals surface area contributed by atoms with Crippen LogP contribution in [0.15, 0.2) is 91.0 Å². The zero-order valence-corrected chi connectivity index (χ0v) is 29.1. The van der Waals surface area contributed by atoms with Gasteiger partial charge in [0, 0.05) is 6.42 Å². The van der Waals surface area contributed by atoms with Crippen LogP contribution in [0, 0.1) is 0 Å². The third kappa shape index (κ3) is 16.4. The van der Waals surface area contributed by atoms with Crippen LogP contribution in [0.1, 0.15) is 63.1 Å². The summed E-state index contributed by atoms with van der Waals surface area (Å²) in [5, 5.41) is 5.16. The molecule has 13 heteroatoms. The van der Waals surface area contributed by atoms with Crippen molar-refractivity contribution in [1.29, 1.82) is 0 Å². The first-order valence-electron chi connectivity index (χ1n) is 16.0. The lowest BCUT2D eigenvalue weighted by Gasteiger charge is -2.23. The van der Waals surface area contributed by atoms with Gasteiger partial charge in [-0.2, -0.15) is 0 Å². The second-order valence-corrected chi connectivity index (χ2v) is 13.1. The minimum absolute atomic E-state index is 0.00128. The Hall–Kier alpha value is -4.51. The first kappa shape index (κ1) is 38.9. The molecular weight excluding hydrogens is 651 g/mol. The van der Waals surface area contributed by atoms with Crippen molar-refractivity contribution in [2.45, 2.75) is 84.0 Å². The number of esters is 2. The van der Waals surface area contributed by atoms with E-state index in [1.807, 2.05) is 54.6 Å². The van der Waals surface area contributed by atoms with Gasteiger partial charge < -0.3 is 33.9 Å². The van der Waals surface area contributed by atoms with E-state index in [9.17, 15) is 23.7 Å². The van der Waals surface area contributed by atoms with E-state index in [0.29, 0.717) is 0 Å². The second kappa shape index (κ2) is 20.8. The Morgan fingerprint density at radius 2 is 1.12 bits per heavy atom. The van der Waals surface area contributed by atoms with Crippen molar-refractivity contribution in [2.24, 2.45) is 0 Å². The maximum atomic E-state index is 13.1. The average Bonchev–Trinajstić information content (AvgIpc) is 3.08. The molecule has 3 atom stereocenters. The summed E-state index contributed by atoms with van der Waals surface area (Å²) in [6.07, 6.45) is -0.837. The average molecular weight is 697 g/mol.